The van der Waals surface area contributed by atoms with E-state index in [2.05, 4.69) is 0 Å². The number of hydrogen-bond donors (Lipinski definition) is 0. The van der Waals surface area contributed by atoms with Crippen LogP contribution >= 0.6 is 11.6 Å². The normalized spacial score (nSPS) is 12.3. The van der Waals surface area contributed by atoms with Crippen LogP contribution in [-0.2, 0) is 9.84 Å². The first kappa shape index (κ1) is 13.4. The minimum absolute atomic E-state index is 0.0765. The molecule has 1 aromatic carbocycles. The fourth-order valence-corrected chi connectivity index (χ4v) is 2.07. The largest absolute Gasteiger partial charge is 0.259 e. The van der Waals surface area contributed by atoms with Crippen LogP contribution in [0.25, 0.3) is 0 Å². The molecule has 0 spiro atoms. The van der Waals surface area contributed by atoms with Crippen LogP contribution in [0.5, 0.6) is 0 Å². The Hall–Kier alpha value is -1.66. The molecule has 0 atom stereocenters. The van der Waals surface area contributed by atoms with Crippen molar-refractivity contribution in [3.63, 3.8) is 0 Å². The molecule has 0 aliphatic rings. The molecule has 1 aromatic rings. The van der Waals surface area contributed by atoms with Crippen LogP contribution in [-0.4, -0.2) is 13.3 Å². The number of sulfone groups is 1. The summed E-state index contributed by atoms with van der Waals surface area (Å²) >= 11 is 5.62. The molecule has 1 rings (SSSR count). The summed E-state index contributed by atoms with van der Waals surface area (Å²) in [6.07, 6.45) is 2.77. The summed E-state index contributed by atoms with van der Waals surface area (Å²) in [7, 11) is -3.59. The van der Waals surface area contributed by atoms with Gasteiger partial charge in [0.05, 0.1) is 9.82 Å². The van der Waals surface area contributed by atoms with E-state index in [1.807, 2.05) is 0 Å². The summed E-state index contributed by atoms with van der Waals surface area (Å²) in [5.74, 6) is 0. The maximum absolute atomic E-state index is 11.7. The van der Waals surface area contributed by atoms with Crippen LogP contribution in [0.1, 0.15) is 0 Å². The molecule has 0 aliphatic carbocycles. The minimum Gasteiger partial charge on any atom is -0.259 e. The van der Waals surface area contributed by atoms with Gasteiger partial charge in [0.1, 0.15) is 0 Å². The highest BCUT2D eigenvalue weighted by molar-refractivity contribution is 7.94. The standard InChI is InChI=1S/C10H8ClNO4S/c11-9-3-5-10(6-4-9)17(15,16)8-2-1-7-12(13)14/h1-8H/b7-1+,8-2+. The van der Waals surface area contributed by atoms with E-state index >= 15 is 0 Å². The van der Waals surface area contributed by atoms with Gasteiger partial charge in [-0.2, -0.15) is 0 Å². The van der Waals surface area contributed by atoms with E-state index in [4.69, 9.17) is 11.6 Å². The molecule has 90 valence electrons. The van der Waals surface area contributed by atoms with Crippen molar-refractivity contribution in [1.29, 1.82) is 0 Å². The van der Waals surface area contributed by atoms with Gasteiger partial charge in [0.25, 0.3) is 0 Å². The van der Waals surface area contributed by atoms with E-state index in [-0.39, 0.29) is 4.90 Å². The maximum Gasteiger partial charge on any atom is 0.234 e. The van der Waals surface area contributed by atoms with Crippen LogP contribution in [0.3, 0.4) is 0 Å². The number of rotatable bonds is 4. The number of halogens is 1. The first-order chi connectivity index (χ1) is 7.92. The molecule has 5 nitrogen and oxygen atoms in total. The second kappa shape index (κ2) is 5.60. The third-order valence-corrected chi connectivity index (χ3v) is 3.42. The zero-order valence-electron chi connectivity index (χ0n) is 8.49. The lowest BCUT2D eigenvalue weighted by Crippen LogP contribution is -1.95. The minimum atomic E-state index is -3.59. The molecule has 7 heteroatoms. The SMILES string of the molecule is O=[N+]([O-])/C=C/C=C/S(=O)(=O)c1ccc(Cl)cc1. The topological polar surface area (TPSA) is 77.3 Å². The fraction of sp³-hybridized carbons (Fsp3) is 0. The molecule has 0 amide bonds. The van der Waals surface area contributed by atoms with Crippen LogP contribution in [0.15, 0.2) is 52.9 Å². The highest BCUT2D eigenvalue weighted by Crippen LogP contribution is 2.15. The quantitative estimate of drug-likeness (QED) is 0.479. The van der Waals surface area contributed by atoms with E-state index in [0.29, 0.717) is 11.2 Å². The van der Waals surface area contributed by atoms with Crippen molar-refractivity contribution < 1.29 is 13.3 Å². The van der Waals surface area contributed by atoms with Crippen molar-refractivity contribution >= 4 is 21.4 Å². The molecule has 0 bridgehead atoms. The third-order valence-electron chi connectivity index (χ3n) is 1.72. The van der Waals surface area contributed by atoms with Gasteiger partial charge in [-0.15, -0.1) is 0 Å². The number of allylic oxidation sites excluding steroid dienone is 2. The molecular formula is C10H8ClNO4S. The number of hydrogen-bond acceptors (Lipinski definition) is 4. The summed E-state index contributed by atoms with van der Waals surface area (Å²) in [6, 6.07) is 5.63. The van der Waals surface area contributed by atoms with Gasteiger partial charge in [-0.3, -0.25) is 10.1 Å². The van der Waals surface area contributed by atoms with Gasteiger partial charge in [-0.1, -0.05) is 11.6 Å². The Labute approximate surface area is 103 Å². The van der Waals surface area contributed by atoms with Gasteiger partial charge in [0.15, 0.2) is 9.84 Å². The molecule has 0 fully saturated rings. The van der Waals surface area contributed by atoms with Gasteiger partial charge in [0, 0.05) is 16.5 Å². The van der Waals surface area contributed by atoms with Crippen molar-refractivity contribution in [1.82, 2.24) is 0 Å². The average Bonchev–Trinajstić information content (AvgIpc) is 2.25. The van der Waals surface area contributed by atoms with Crippen molar-refractivity contribution in [2.75, 3.05) is 0 Å². The van der Waals surface area contributed by atoms with Crippen molar-refractivity contribution in [3.05, 3.63) is 63.2 Å². The lowest BCUT2D eigenvalue weighted by Gasteiger charge is -1.97. The molecule has 0 radical (unpaired) electrons. The fourth-order valence-electron chi connectivity index (χ4n) is 0.972. The zero-order valence-corrected chi connectivity index (χ0v) is 10.1. The Morgan fingerprint density at radius 2 is 1.76 bits per heavy atom. The van der Waals surface area contributed by atoms with Crippen LogP contribution in [0, 0.1) is 10.1 Å². The average molecular weight is 274 g/mol. The van der Waals surface area contributed by atoms with Gasteiger partial charge < -0.3 is 0 Å². The van der Waals surface area contributed by atoms with E-state index in [1.54, 1.807) is 0 Å². The zero-order chi connectivity index (χ0) is 12.9. The monoisotopic (exact) mass is 273 g/mol. The molecule has 0 N–H and O–H groups in total. The summed E-state index contributed by atoms with van der Waals surface area (Å²) in [5.41, 5.74) is 0. The van der Waals surface area contributed by atoms with Crippen LogP contribution in [0.2, 0.25) is 5.02 Å². The molecular weight excluding hydrogens is 266 g/mol. The second-order valence-corrected chi connectivity index (χ2v) is 5.22. The van der Waals surface area contributed by atoms with Crippen LogP contribution in [0.4, 0.5) is 0 Å². The Morgan fingerprint density at radius 3 is 2.29 bits per heavy atom. The van der Waals surface area contributed by atoms with E-state index in [1.165, 1.54) is 24.3 Å². The van der Waals surface area contributed by atoms with Gasteiger partial charge >= 0.3 is 0 Å². The predicted octanol–water partition coefficient (Wildman–Crippen LogP) is 2.42. The first-order valence-corrected chi connectivity index (χ1v) is 6.33. The van der Waals surface area contributed by atoms with Crippen LogP contribution < -0.4 is 0 Å². The van der Waals surface area contributed by atoms with Gasteiger partial charge in [-0.25, -0.2) is 8.42 Å². The summed E-state index contributed by atoms with van der Waals surface area (Å²) in [6.45, 7) is 0. The molecule has 17 heavy (non-hydrogen) atoms. The molecule has 0 aromatic heterocycles. The van der Waals surface area contributed by atoms with Gasteiger partial charge in [-0.05, 0) is 30.3 Å². The third kappa shape index (κ3) is 4.38. The number of benzene rings is 1. The Kier molecular flexibility index (Phi) is 4.42. The highest BCUT2D eigenvalue weighted by atomic mass is 35.5. The summed E-state index contributed by atoms with van der Waals surface area (Å²) in [4.78, 5) is 9.35. The number of nitrogens with zero attached hydrogens (tertiary/aromatic N) is 1. The lowest BCUT2D eigenvalue weighted by atomic mass is 10.4. The van der Waals surface area contributed by atoms with E-state index in [9.17, 15) is 18.5 Å². The molecule has 0 heterocycles. The summed E-state index contributed by atoms with van der Waals surface area (Å²) in [5, 5.41) is 11.3. The first-order valence-electron chi connectivity index (χ1n) is 4.41. The molecule has 0 saturated heterocycles. The molecule has 0 aliphatic heterocycles. The summed E-state index contributed by atoms with van der Waals surface area (Å²) < 4.78 is 23.3. The Balaban J connectivity index is 2.89. The molecule has 0 saturated carbocycles. The van der Waals surface area contributed by atoms with Gasteiger partial charge in [0.2, 0.25) is 6.20 Å². The number of nitro groups is 1. The van der Waals surface area contributed by atoms with E-state index < -0.39 is 14.8 Å². The van der Waals surface area contributed by atoms with Crippen molar-refractivity contribution in [2.24, 2.45) is 0 Å². The Bertz CT molecular complexity index is 560. The highest BCUT2D eigenvalue weighted by Gasteiger charge is 2.08. The Morgan fingerprint density at radius 1 is 1.18 bits per heavy atom. The molecule has 0 unspecified atom stereocenters. The maximum atomic E-state index is 11.7. The predicted molar refractivity (Wildman–Crippen MR) is 63.9 cm³/mol. The van der Waals surface area contributed by atoms with Crippen molar-refractivity contribution in [3.8, 4) is 0 Å². The van der Waals surface area contributed by atoms with E-state index in [0.717, 1.165) is 17.6 Å². The second-order valence-electron chi connectivity index (χ2n) is 2.95. The smallest absolute Gasteiger partial charge is 0.234 e. The van der Waals surface area contributed by atoms with Crippen molar-refractivity contribution in [2.45, 2.75) is 4.90 Å². The lowest BCUT2D eigenvalue weighted by molar-refractivity contribution is -0.402.